The smallest absolute Gasteiger partial charge is 0.416 e. The summed E-state index contributed by atoms with van der Waals surface area (Å²) in [7, 11) is 0. The third-order valence-corrected chi connectivity index (χ3v) is 3.82. The molecule has 0 saturated carbocycles. The molecule has 0 bridgehead atoms. The lowest BCUT2D eigenvalue weighted by molar-refractivity contribution is -0.138. The molecule has 0 saturated heterocycles. The van der Waals surface area contributed by atoms with Gasteiger partial charge in [0.1, 0.15) is 11.9 Å². The van der Waals surface area contributed by atoms with E-state index in [0.717, 1.165) is 24.3 Å². The van der Waals surface area contributed by atoms with E-state index in [1.165, 1.54) is 12.1 Å². The Hall–Kier alpha value is -2.18. The van der Waals surface area contributed by atoms with E-state index in [1.54, 1.807) is 6.92 Å². The number of alkyl halides is 6. The highest BCUT2D eigenvalue weighted by atomic mass is 19.4. The molecule has 7 heteroatoms. The second-order valence-corrected chi connectivity index (χ2v) is 5.72. The van der Waals surface area contributed by atoms with Crippen molar-refractivity contribution in [2.24, 2.45) is 0 Å². The third-order valence-electron chi connectivity index (χ3n) is 3.82. The van der Waals surface area contributed by atoms with Crippen molar-refractivity contribution in [2.75, 3.05) is 0 Å². The zero-order valence-corrected chi connectivity index (χ0v) is 12.4. The monoisotopic (exact) mass is 346 g/mol. The van der Waals surface area contributed by atoms with Gasteiger partial charge in [-0.1, -0.05) is 12.1 Å². The topological polar surface area (TPSA) is 9.23 Å². The number of rotatable bonds is 1. The summed E-state index contributed by atoms with van der Waals surface area (Å²) in [4.78, 5) is 0. The van der Waals surface area contributed by atoms with Crippen LogP contribution in [0.15, 0.2) is 36.4 Å². The summed E-state index contributed by atoms with van der Waals surface area (Å²) >= 11 is 0. The van der Waals surface area contributed by atoms with Gasteiger partial charge in [-0.15, -0.1) is 0 Å². The molecule has 3 rings (SSSR count). The van der Waals surface area contributed by atoms with Crippen LogP contribution in [-0.4, -0.2) is 6.10 Å². The molecule has 2 aromatic rings. The Morgan fingerprint density at radius 1 is 0.917 bits per heavy atom. The van der Waals surface area contributed by atoms with Crippen molar-refractivity contribution in [1.82, 2.24) is 0 Å². The van der Waals surface area contributed by atoms with Gasteiger partial charge in [0.25, 0.3) is 0 Å². The van der Waals surface area contributed by atoms with Gasteiger partial charge in [0, 0.05) is 12.0 Å². The lowest BCUT2D eigenvalue weighted by Gasteiger charge is -2.15. The molecule has 24 heavy (non-hydrogen) atoms. The molecule has 1 aliphatic rings. The van der Waals surface area contributed by atoms with Gasteiger partial charge < -0.3 is 4.74 Å². The molecule has 0 radical (unpaired) electrons. The zero-order valence-electron chi connectivity index (χ0n) is 12.4. The van der Waals surface area contributed by atoms with Crippen LogP contribution in [0.2, 0.25) is 0 Å². The lowest BCUT2D eigenvalue weighted by atomic mass is 9.96. The van der Waals surface area contributed by atoms with E-state index in [1.807, 2.05) is 0 Å². The Labute approximate surface area is 133 Å². The molecule has 2 aromatic carbocycles. The van der Waals surface area contributed by atoms with Gasteiger partial charge in [-0.05, 0) is 42.3 Å². The van der Waals surface area contributed by atoms with Crippen molar-refractivity contribution < 1.29 is 31.1 Å². The second-order valence-electron chi connectivity index (χ2n) is 5.72. The number of ether oxygens (including phenoxy) is 1. The maximum Gasteiger partial charge on any atom is 0.416 e. The third kappa shape index (κ3) is 3.07. The van der Waals surface area contributed by atoms with E-state index in [9.17, 15) is 26.3 Å². The summed E-state index contributed by atoms with van der Waals surface area (Å²) in [5, 5.41) is 0. The summed E-state index contributed by atoms with van der Waals surface area (Å²) in [6.07, 6.45) is -9.20. The highest BCUT2D eigenvalue weighted by molar-refractivity contribution is 5.74. The summed E-state index contributed by atoms with van der Waals surface area (Å²) in [6.45, 7) is 1.70. The molecule has 1 aliphatic heterocycles. The van der Waals surface area contributed by atoms with E-state index < -0.39 is 23.5 Å². The van der Waals surface area contributed by atoms with Crippen LogP contribution < -0.4 is 4.74 Å². The van der Waals surface area contributed by atoms with Crippen molar-refractivity contribution in [3.8, 4) is 16.9 Å². The van der Waals surface area contributed by atoms with E-state index in [4.69, 9.17) is 4.74 Å². The Morgan fingerprint density at radius 2 is 1.58 bits per heavy atom. The molecule has 0 aliphatic carbocycles. The average Bonchev–Trinajstić information content (AvgIpc) is 2.84. The van der Waals surface area contributed by atoms with E-state index >= 15 is 0 Å². The summed E-state index contributed by atoms with van der Waals surface area (Å²) in [5.74, 6) is 0.217. The molecule has 0 amide bonds. The Balaban J connectivity index is 2.19. The van der Waals surface area contributed by atoms with Crippen molar-refractivity contribution >= 4 is 0 Å². The van der Waals surface area contributed by atoms with Gasteiger partial charge >= 0.3 is 12.4 Å². The number of hydrogen-bond donors (Lipinski definition) is 0. The van der Waals surface area contributed by atoms with Crippen LogP contribution in [0, 0.1) is 0 Å². The van der Waals surface area contributed by atoms with Crippen LogP contribution in [0.3, 0.4) is 0 Å². The molecule has 0 aromatic heterocycles. The maximum atomic E-state index is 13.1. The summed E-state index contributed by atoms with van der Waals surface area (Å²) < 4.78 is 83.5. The molecule has 0 spiro atoms. The maximum absolute atomic E-state index is 13.1. The fourth-order valence-corrected chi connectivity index (χ4v) is 2.77. The van der Waals surface area contributed by atoms with Crippen LogP contribution in [0.25, 0.3) is 11.1 Å². The van der Waals surface area contributed by atoms with Crippen molar-refractivity contribution in [1.29, 1.82) is 0 Å². The predicted octanol–water partition coefficient (Wildman–Crippen LogP) is 5.71. The van der Waals surface area contributed by atoms with Crippen LogP contribution in [0.4, 0.5) is 26.3 Å². The number of hydrogen-bond acceptors (Lipinski definition) is 1. The Morgan fingerprint density at radius 3 is 2.21 bits per heavy atom. The normalized spacial score (nSPS) is 17.5. The number of fused-ring (bicyclic) bond motifs is 1. The first kappa shape index (κ1) is 16.7. The highest BCUT2D eigenvalue weighted by Gasteiger charge is 2.35. The first-order chi connectivity index (χ1) is 11.1. The molecule has 128 valence electrons. The fraction of sp³-hybridized carbons (Fsp3) is 0.294. The van der Waals surface area contributed by atoms with Gasteiger partial charge in [-0.3, -0.25) is 0 Å². The molecular formula is C17H12F6O. The molecule has 1 atom stereocenters. The Kier molecular flexibility index (Phi) is 3.77. The minimum Gasteiger partial charge on any atom is -0.489 e. The zero-order chi connectivity index (χ0) is 17.7. The first-order valence-corrected chi connectivity index (χ1v) is 7.14. The van der Waals surface area contributed by atoms with Gasteiger partial charge in [0.2, 0.25) is 0 Å². The van der Waals surface area contributed by atoms with Crippen LogP contribution in [-0.2, 0) is 18.8 Å². The minimum absolute atomic E-state index is 0.0234. The quantitative estimate of drug-likeness (QED) is 0.601. The van der Waals surface area contributed by atoms with E-state index in [0.29, 0.717) is 5.56 Å². The lowest BCUT2D eigenvalue weighted by Crippen LogP contribution is -2.07. The Bertz CT molecular complexity index is 776. The van der Waals surface area contributed by atoms with E-state index in [-0.39, 0.29) is 29.4 Å². The van der Waals surface area contributed by atoms with Crippen molar-refractivity contribution in [2.45, 2.75) is 31.8 Å². The average molecular weight is 346 g/mol. The van der Waals surface area contributed by atoms with Crippen LogP contribution in [0.5, 0.6) is 5.75 Å². The summed E-state index contributed by atoms with van der Waals surface area (Å²) in [6, 6.07) is 6.06. The van der Waals surface area contributed by atoms with Crippen molar-refractivity contribution in [3.63, 3.8) is 0 Å². The molecule has 0 fully saturated rings. The van der Waals surface area contributed by atoms with Crippen LogP contribution >= 0.6 is 0 Å². The standard InChI is InChI=1S/C17H12F6O/c1-9-5-11-7-13(17(21,22)23)8-14(15(11)24-9)10-3-2-4-12(6-10)16(18,19)20/h2-4,6-9H,5H2,1H3. The SMILES string of the molecule is CC1Cc2cc(C(F)(F)F)cc(-c3cccc(C(F)(F)F)c3)c2O1. The molecule has 0 N–H and O–H groups in total. The van der Waals surface area contributed by atoms with Gasteiger partial charge in [-0.25, -0.2) is 0 Å². The first-order valence-electron chi connectivity index (χ1n) is 7.14. The van der Waals surface area contributed by atoms with Crippen LogP contribution in [0.1, 0.15) is 23.6 Å². The fourth-order valence-electron chi connectivity index (χ4n) is 2.77. The van der Waals surface area contributed by atoms with Gasteiger partial charge in [-0.2, -0.15) is 26.3 Å². The molecular weight excluding hydrogens is 334 g/mol. The largest absolute Gasteiger partial charge is 0.489 e. The highest BCUT2D eigenvalue weighted by Crippen LogP contribution is 2.44. The van der Waals surface area contributed by atoms with Crippen molar-refractivity contribution in [3.05, 3.63) is 53.1 Å². The summed E-state index contributed by atoms with van der Waals surface area (Å²) in [5.41, 5.74) is -1.40. The molecule has 1 heterocycles. The number of benzene rings is 2. The van der Waals surface area contributed by atoms with Gasteiger partial charge in [0.05, 0.1) is 11.1 Å². The second kappa shape index (κ2) is 5.43. The van der Waals surface area contributed by atoms with Gasteiger partial charge in [0.15, 0.2) is 0 Å². The number of halogens is 6. The molecule has 1 nitrogen and oxygen atoms in total. The molecule has 1 unspecified atom stereocenters. The van der Waals surface area contributed by atoms with E-state index in [2.05, 4.69) is 0 Å². The predicted molar refractivity (Wildman–Crippen MR) is 75.7 cm³/mol. The minimum atomic E-state index is -4.59.